The molecule has 1 aliphatic heterocycles. The third-order valence-corrected chi connectivity index (χ3v) is 5.56. The van der Waals surface area contributed by atoms with Crippen molar-refractivity contribution in [2.75, 3.05) is 13.2 Å². The van der Waals surface area contributed by atoms with Gasteiger partial charge >= 0.3 is 6.18 Å². The number of amidine groups is 1. The lowest BCUT2D eigenvalue weighted by atomic mass is 10.1. The summed E-state index contributed by atoms with van der Waals surface area (Å²) in [7, 11) is 0. The highest BCUT2D eigenvalue weighted by molar-refractivity contribution is 8.18. The second kappa shape index (κ2) is 9.62. The lowest BCUT2D eigenvalue weighted by Gasteiger charge is -2.11. The van der Waals surface area contributed by atoms with Crippen molar-refractivity contribution in [1.82, 2.24) is 10.3 Å². The predicted molar refractivity (Wildman–Crippen MR) is 119 cm³/mol. The Morgan fingerprint density at radius 1 is 1.12 bits per heavy atom. The Bertz CT molecular complexity index is 1260. The van der Waals surface area contributed by atoms with Gasteiger partial charge in [-0.2, -0.15) is 18.2 Å². The van der Waals surface area contributed by atoms with E-state index in [-0.39, 0.29) is 11.6 Å². The molecule has 33 heavy (non-hydrogen) atoms. The minimum atomic E-state index is -4.46. The first kappa shape index (κ1) is 22.8. The van der Waals surface area contributed by atoms with E-state index in [2.05, 4.69) is 15.3 Å². The zero-order chi connectivity index (χ0) is 23.4. The summed E-state index contributed by atoms with van der Waals surface area (Å²) in [6.07, 6.45) is -0.920. The van der Waals surface area contributed by atoms with Gasteiger partial charge in [0.05, 0.1) is 10.4 Å². The van der Waals surface area contributed by atoms with Crippen molar-refractivity contribution >= 4 is 39.8 Å². The Labute approximate surface area is 190 Å². The Hall–Kier alpha value is -3.40. The molecule has 0 fully saturated rings. The summed E-state index contributed by atoms with van der Waals surface area (Å²) >= 11 is 1.16. The number of fused-ring (bicyclic) bond motifs is 1. The number of hydrogen-bond acceptors (Lipinski definition) is 5. The van der Waals surface area contributed by atoms with Crippen LogP contribution in [0.2, 0.25) is 0 Å². The predicted octanol–water partition coefficient (Wildman–Crippen LogP) is 5.12. The number of nitrogens with one attached hydrogen (secondary N) is 1. The molecule has 2 aromatic carbocycles. The van der Waals surface area contributed by atoms with Gasteiger partial charge in [-0.3, -0.25) is 9.78 Å². The van der Waals surface area contributed by atoms with Crippen molar-refractivity contribution in [2.24, 2.45) is 4.99 Å². The summed E-state index contributed by atoms with van der Waals surface area (Å²) in [5.41, 5.74) is 1.89. The third kappa shape index (κ3) is 6.10. The van der Waals surface area contributed by atoms with Gasteiger partial charge in [0, 0.05) is 18.1 Å². The summed E-state index contributed by atoms with van der Waals surface area (Å²) < 4.78 is 55.8. The standard InChI is InChI=1S/C23H17F4N3O2S/c24-16-3-1-2-14(10-16)6-8-29-22-30-21(31)20(33-22)12-15-4-5-18-17(11-15)19(7-9-28-18)32-13-23(25,26)27/h1-5,7,9-12H,6,8,13H2,(H,29,30,31)/b20-12-. The first-order valence-electron chi connectivity index (χ1n) is 9.86. The molecule has 1 amide bonds. The molecule has 170 valence electrons. The molecule has 0 radical (unpaired) electrons. The number of hydrogen-bond donors (Lipinski definition) is 1. The molecule has 1 aromatic heterocycles. The fourth-order valence-electron chi connectivity index (χ4n) is 3.16. The minimum Gasteiger partial charge on any atom is -0.483 e. The van der Waals surface area contributed by atoms with Gasteiger partial charge in [0.25, 0.3) is 5.91 Å². The van der Waals surface area contributed by atoms with Gasteiger partial charge in [-0.15, -0.1) is 0 Å². The van der Waals surface area contributed by atoms with Crippen molar-refractivity contribution < 1.29 is 27.1 Å². The van der Waals surface area contributed by atoms with Gasteiger partial charge in [0.15, 0.2) is 11.8 Å². The number of carbonyl (C=O) groups excluding carboxylic acids is 1. The van der Waals surface area contributed by atoms with E-state index >= 15 is 0 Å². The van der Waals surface area contributed by atoms with Crippen molar-refractivity contribution in [3.63, 3.8) is 0 Å². The van der Waals surface area contributed by atoms with Crippen LogP contribution in [0.5, 0.6) is 5.75 Å². The van der Waals surface area contributed by atoms with Crippen molar-refractivity contribution in [2.45, 2.75) is 12.6 Å². The number of carbonyl (C=O) groups is 1. The zero-order valence-corrected chi connectivity index (χ0v) is 17.8. The molecule has 0 unspecified atom stereocenters. The summed E-state index contributed by atoms with van der Waals surface area (Å²) in [5, 5.41) is 3.89. The van der Waals surface area contributed by atoms with Gasteiger partial charge in [0.2, 0.25) is 0 Å². The molecule has 5 nitrogen and oxygen atoms in total. The third-order valence-electron chi connectivity index (χ3n) is 4.61. The number of aliphatic imine (C=N–C) groups is 1. The molecule has 0 saturated carbocycles. The smallest absolute Gasteiger partial charge is 0.422 e. The van der Waals surface area contributed by atoms with Gasteiger partial charge in [-0.05, 0) is 65.7 Å². The van der Waals surface area contributed by atoms with Crippen LogP contribution in [-0.2, 0) is 11.2 Å². The quantitative estimate of drug-likeness (QED) is 0.396. The molecular weight excluding hydrogens is 458 g/mol. The van der Waals surface area contributed by atoms with Crippen LogP contribution in [0.1, 0.15) is 11.1 Å². The number of ether oxygens (including phenoxy) is 1. The highest BCUT2D eigenvalue weighted by Gasteiger charge is 2.28. The Kier molecular flexibility index (Phi) is 6.64. The highest BCUT2D eigenvalue weighted by Crippen LogP contribution is 2.31. The first-order chi connectivity index (χ1) is 15.8. The summed E-state index contributed by atoms with van der Waals surface area (Å²) in [5.74, 6) is -0.676. The van der Waals surface area contributed by atoms with Crippen LogP contribution in [0.25, 0.3) is 17.0 Å². The summed E-state index contributed by atoms with van der Waals surface area (Å²) in [6, 6.07) is 12.6. The Morgan fingerprint density at radius 2 is 1.97 bits per heavy atom. The van der Waals surface area contributed by atoms with Gasteiger partial charge in [-0.25, -0.2) is 4.39 Å². The number of amides is 1. The molecule has 10 heteroatoms. The van der Waals surface area contributed by atoms with Crippen LogP contribution in [0, 0.1) is 5.82 Å². The van der Waals surface area contributed by atoms with E-state index in [9.17, 15) is 22.4 Å². The SMILES string of the molecule is O=C1N=C(NCCc2cccc(F)c2)S/C1=C\c1ccc2nccc(OCC(F)(F)F)c2c1. The first-order valence-corrected chi connectivity index (χ1v) is 10.7. The molecule has 2 heterocycles. The number of benzene rings is 2. The average molecular weight is 475 g/mol. The molecule has 0 atom stereocenters. The van der Waals surface area contributed by atoms with E-state index in [4.69, 9.17) is 4.74 Å². The molecule has 0 bridgehead atoms. The van der Waals surface area contributed by atoms with Gasteiger partial charge < -0.3 is 10.1 Å². The second-order valence-corrected chi connectivity index (χ2v) is 8.16. The number of thioether (sulfide) groups is 1. The van der Waals surface area contributed by atoms with Crippen LogP contribution in [0.15, 0.2) is 64.6 Å². The van der Waals surface area contributed by atoms with Crippen molar-refractivity contribution in [3.05, 3.63) is 76.6 Å². The Balaban J connectivity index is 1.44. The lowest BCUT2D eigenvalue weighted by molar-refractivity contribution is -0.153. The molecule has 3 aromatic rings. The van der Waals surface area contributed by atoms with Crippen LogP contribution < -0.4 is 10.1 Å². The van der Waals surface area contributed by atoms with E-state index in [1.165, 1.54) is 24.4 Å². The van der Waals surface area contributed by atoms with E-state index in [1.807, 2.05) is 6.07 Å². The number of nitrogens with zero attached hydrogens (tertiary/aromatic N) is 2. The monoisotopic (exact) mass is 475 g/mol. The molecule has 0 spiro atoms. The second-order valence-electron chi connectivity index (χ2n) is 7.13. The normalized spacial score (nSPS) is 15.2. The fourth-order valence-corrected chi connectivity index (χ4v) is 4.00. The topological polar surface area (TPSA) is 63.6 Å². The molecule has 4 rings (SSSR count). The fraction of sp³-hybridized carbons (Fsp3) is 0.174. The maximum Gasteiger partial charge on any atom is 0.422 e. The summed E-state index contributed by atoms with van der Waals surface area (Å²) in [4.78, 5) is 20.8. The van der Waals surface area contributed by atoms with Gasteiger partial charge in [0.1, 0.15) is 11.6 Å². The van der Waals surface area contributed by atoms with Crippen LogP contribution in [-0.4, -0.2) is 35.4 Å². The molecular formula is C23H17F4N3O2S. The minimum absolute atomic E-state index is 0.0546. The molecule has 1 aliphatic rings. The lowest BCUT2D eigenvalue weighted by Crippen LogP contribution is -2.21. The maximum absolute atomic E-state index is 13.3. The van der Waals surface area contributed by atoms with Crippen LogP contribution in [0.3, 0.4) is 0 Å². The number of aromatic nitrogens is 1. The van der Waals surface area contributed by atoms with E-state index < -0.39 is 18.7 Å². The molecule has 0 saturated heterocycles. The number of halogens is 4. The van der Waals surface area contributed by atoms with Gasteiger partial charge in [-0.1, -0.05) is 18.2 Å². The maximum atomic E-state index is 13.3. The van der Waals surface area contributed by atoms with Crippen molar-refractivity contribution in [3.8, 4) is 5.75 Å². The van der Waals surface area contributed by atoms with E-state index in [0.29, 0.717) is 39.5 Å². The zero-order valence-electron chi connectivity index (χ0n) is 17.0. The van der Waals surface area contributed by atoms with E-state index in [0.717, 1.165) is 17.3 Å². The Morgan fingerprint density at radius 3 is 2.76 bits per heavy atom. The van der Waals surface area contributed by atoms with Crippen molar-refractivity contribution in [1.29, 1.82) is 0 Å². The average Bonchev–Trinajstić information content (AvgIpc) is 3.10. The summed E-state index contributed by atoms with van der Waals surface area (Å²) in [6.45, 7) is -0.943. The highest BCUT2D eigenvalue weighted by atomic mass is 32.2. The molecule has 1 N–H and O–H groups in total. The largest absolute Gasteiger partial charge is 0.483 e. The number of pyridine rings is 1. The van der Waals surface area contributed by atoms with Crippen LogP contribution >= 0.6 is 11.8 Å². The number of rotatable bonds is 6. The number of alkyl halides is 3. The van der Waals surface area contributed by atoms with E-state index in [1.54, 1.807) is 30.3 Å². The molecule has 0 aliphatic carbocycles. The van der Waals surface area contributed by atoms with Crippen LogP contribution in [0.4, 0.5) is 17.6 Å².